The van der Waals surface area contributed by atoms with Crippen LogP contribution in [0.5, 0.6) is 0 Å². The van der Waals surface area contributed by atoms with Gasteiger partial charge in [-0.05, 0) is 66.9 Å². The van der Waals surface area contributed by atoms with Crippen molar-refractivity contribution in [1.82, 2.24) is 9.80 Å². The van der Waals surface area contributed by atoms with Crippen LogP contribution in [0.15, 0.2) is 103 Å². The highest BCUT2D eigenvalue weighted by Gasteiger charge is 2.30. The van der Waals surface area contributed by atoms with Crippen LogP contribution < -0.4 is 10.6 Å². The van der Waals surface area contributed by atoms with Crippen molar-refractivity contribution >= 4 is 34.5 Å². The minimum Gasteiger partial charge on any atom is -0.354 e. The summed E-state index contributed by atoms with van der Waals surface area (Å²) in [6, 6.07) is 34.2. The number of amides is 2. The first-order chi connectivity index (χ1) is 21.0. The molecule has 0 aromatic heterocycles. The molecule has 0 bridgehead atoms. The molecule has 220 valence electrons. The standard InChI is InChI=1S/C37H40N4O2/c1-4-22-41(23-5-2)37(43)30-18-21-33-32(24-30)34(36(42)39-33)35(29-14-10-7-11-15-29)38-31-19-16-28(17-20-31)26-40(3)25-27-12-8-6-9-13-27/h6-21,24,38H,4-5,22-23,25-26H2,1-3H3,(H,39,42). The van der Waals surface area contributed by atoms with Crippen LogP contribution in [-0.4, -0.2) is 41.8 Å². The Hall–Kier alpha value is -4.68. The summed E-state index contributed by atoms with van der Waals surface area (Å²) in [6.07, 6.45) is 1.79. The Morgan fingerprint density at radius 3 is 1.98 bits per heavy atom. The van der Waals surface area contributed by atoms with Crippen LogP contribution >= 0.6 is 0 Å². The summed E-state index contributed by atoms with van der Waals surface area (Å²) in [5.74, 6) is -0.198. The van der Waals surface area contributed by atoms with E-state index < -0.39 is 0 Å². The number of hydrogen-bond donors (Lipinski definition) is 2. The third-order valence-electron chi connectivity index (χ3n) is 7.57. The van der Waals surface area contributed by atoms with Gasteiger partial charge in [-0.2, -0.15) is 0 Å². The van der Waals surface area contributed by atoms with Gasteiger partial charge < -0.3 is 15.5 Å². The van der Waals surface area contributed by atoms with E-state index in [4.69, 9.17) is 0 Å². The Balaban J connectivity index is 1.44. The predicted molar refractivity (Wildman–Crippen MR) is 176 cm³/mol. The first-order valence-electron chi connectivity index (χ1n) is 15.1. The van der Waals surface area contributed by atoms with Crippen molar-refractivity contribution in [1.29, 1.82) is 0 Å². The summed E-state index contributed by atoms with van der Waals surface area (Å²) in [5, 5.41) is 6.56. The maximum Gasteiger partial charge on any atom is 0.258 e. The Bertz CT molecular complexity index is 1570. The maximum atomic E-state index is 13.5. The SMILES string of the molecule is CCCN(CCC)C(=O)c1ccc2c(c1)C(=C(Nc1ccc(CN(C)Cc3ccccc3)cc1)c1ccccc1)C(=O)N2. The Kier molecular flexibility index (Phi) is 9.70. The largest absolute Gasteiger partial charge is 0.354 e. The van der Waals surface area contributed by atoms with E-state index in [-0.39, 0.29) is 11.8 Å². The van der Waals surface area contributed by atoms with E-state index in [9.17, 15) is 9.59 Å². The van der Waals surface area contributed by atoms with E-state index in [0.717, 1.165) is 42.7 Å². The van der Waals surface area contributed by atoms with Gasteiger partial charge >= 0.3 is 0 Å². The van der Waals surface area contributed by atoms with E-state index in [1.807, 2.05) is 59.5 Å². The molecule has 2 N–H and O–H groups in total. The van der Waals surface area contributed by atoms with Crippen molar-refractivity contribution in [3.05, 3.63) is 131 Å². The number of fused-ring (bicyclic) bond motifs is 1. The quantitative estimate of drug-likeness (QED) is 0.172. The summed E-state index contributed by atoms with van der Waals surface area (Å²) < 4.78 is 0. The molecule has 2 amide bonds. The molecular formula is C37H40N4O2. The monoisotopic (exact) mass is 572 g/mol. The fourth-order valence-electron chi connectivity index (χ4n) is 5.57. The molecule has 0 radical (unpaired) electrons. The number of nitrogens with zero attached hydrogens (tertiary/aromatic N) is 2. The van der Waals surface area contributed by atoms with Gasteiger partial charge in [0.15, 0.2) is 0 Å². The molecule has 0 atom stereocenters. The average molecular weight is 573 g/mol. The molecule has 4 aromatic rings. The van der Waals surface area contributed by atoms with Gasteiger partial charge in [0, 0.05) is 48.7 Å². The van der Waals surface area contributed by atoms with Crippen molar-refractivity contribution in [2.24, 2.45) is 0 Å². The van der Waals surface area contributed by atoms with Crippen LogP contribution in [-0.2, 0) is 17.9 Å². The highest BCUT2D eigenvalue weighted by molar-refractivity contribution is 6.37. The molecule has 0 unspecified atom stereocenters. The van der Waals surface area contributed by atoms with Crippen molar-refractivity contribution in [3.63, 3.8) is 0 Å². The number of nitrogens with one attached hydrogen (secondary N) is 2. The van der Waals surface area contributed by atoms with Gasteiger partial charge in [0.2, 0.25) is 0 Å². The van der Waals surface area contributed by atoms with E-state index in [0.29, 0.717) is 35.6 Å². The second-order valence-electron chi connectivity index (χ2n) is 11.1. The first kappa shape index (κ1) is 29.8. The second-order valence-corrected chi connectivity index (χ2v) is 11.1. The summed E-state index contributed by atoms with van der Waals surface area (Å²) in [7, 11) is 2.12. The summed E-state index contributed by atoms with van der Waals surface area (Å²) in [5.41, 5.74) is 7.52. The number of carbonyl (C=O) groups is 2. The molecule has 43 heavy (non-hydrogen) atoms. The molecule has 0 aliphatic carbocycles. The Morgan fingerprint density at radius 1 is 0.744 bits per heavy atom. The second kappa shape index (κ2) is 14.0. The zero-order chi connectivity index (χ0) is 30.2. The molecule has 0 saturated heterocycles. The minimum absolute atomic E-state index is 0.00718. The van der Waals surface area contributed by atoms with Crippen molar-refractivity contribution in [2.75, 3.05) is 30.8 Å². The van der Waals surface area contributed by atoms with Crippen LogP contribution in [0.1, 0.15) is 59.3 Å². The lowest BCUT2D eigenvalue weighted by atomic mass is 9.98. The van der Waals surface area contributed by atoms with E-state index in [2.05, 4.69) is 85.0 Å². The number of anilines is 2. The van der Waals surface area contributed by atoms with Crippen molar-refractivity contribution < 1.29 is 9.59 Å². The number of hydrogen-bond acceptors (Lipinski definition) is 4. The van der Waals surface area contributed by atoms with Crippen LogP contribution in [0, 0.1) is 0 Å². The highest BCUT2D eigenvalue weighted by atomic mass is 16.2. The lowest BCUT2D eigenvalue weighted by Crippen LogP contribution is -2.32. The Morgan fingerprint density at radius 2 is 1.35 bits per heavy atom. The predicted octanol–water partition coefficient (Wildman–Crippen LogP) is 7.51. The topological polar surface area (TPSA) is 64.7 Å². The molecule has 4 aromatic carbocycles. The van der Waals surface area contributed by atoms with Gasteiger partial charge in [-0.25, -0.2) is 0 Å². The third-order valence-corrected chi connectivity index (χ3v) is 7.57. The van der Waals surface area contributed by atoms with E-state index in [1.165, 1.54) is 11.1 Å². The van der Waals surface area contributed by atoms with Gasteiger partial charge in [0.1, 0.15) is 0 Å². The minimum atomic E-state index is -0.191. The molecule has 1 aliphatic rings. The number of carbonyl (C=O) groups excluding carboxylic acids is 2. The smallest absolute Gasteiger partial charge is 0.258 e. The molecule has 5 rings (SSSR count). The van der Waals surface area contributed by atoms with Crippen molar-refractivity contribution in [3.8, 4) is 0 Å². The Labute approximate surface area is 255 Å². The van der Waals surface area contributed by atoms with Gasteiger partial charge in [-0.1, -0.05) is 86.6 Å². The molecule has 1 aliphatic heterocycles. The lowest BCUT2D eigenvalue weighted by Gasteiger charge is -2.22. The molecule has 0 spiro atoms. The molecule has 6 nitrogen and oxygen atoms in total. The molecule has 1 heterocycles. The zero-order valence-electron chi connectivity index (χ0n) is 25.3. The molecule has 0 fully saturated rings. The fourth-order valence-corrected chi connectivity index (χ4v) is 5.57. The number of rotatable bonds is 12. The van der Waals surface area contributed by atoms with Crippen LogP contribution in [0.3, 0.4) is 0 Å². The first-order valence-corrected chi connectivity index (χ1v) is 15.1. The average Bonchev–Trinajstić information content (AvgIpc) is 3.35. The van der Waals surface area contributed by atoms with Gasteiger partial charge in [0.25, 0.3) is 11.8 Å². The van der Waals surface area contributed by atoms with Gasteiger partial charge in [-0.15, -0.1) is 0 Å². The maximum absolute atomic E-state index is 13.5. The molecular weight excluding hydrogens is 532 g/mol. The van der Waals surface area contributed by atoms with E-state index >= 15 is 0 Å². The zero-order valence-corrected chi connectivity index (χ0v) is 25.3. The van der Waals surface area contributed by atoms with Crippen LogP contribution in [0.25, 0.3) is 11.3 Å². The van der Waals surface area contributed by atoms with Gasteiger partial charge in [0.05, 0.1) is 11.3 Å². The summed E-state index contributed by atoms with van der Waals surface area (Å²) in [4.78, 5) is 31.1. The normalized spacial score (nSPS) is 13.4. The van der Waals surface area contributed by atoms with Crippen molar-refractivity contribution in [2.45, 2.75) is 39.8 Å². The number of benzene rings is 4. The van der Waals surface area contributed by atoms with Crippen LogP contribution in [0.2, 0.25) is 0 Å². The van der Waals surface area contributed by atoms with Gasteiger partial charge in [-0.3, -0.25) is 14.5 Å². The van der Waals surface area contributed by atoms with E-state index in [1.54, 1.807) is 0 Å². The molecule has 0 saturated carbocycles. The lowest BCUT2D eigenvalue weighted by molar-refractivity contribution is -0.110. The fraction of sp³-hybridized carbons (Fsp3) is 0.243. The summed E-state index contributed by atoms with van der Waals surface area (Å²) >= 11 is 0. The summed E-state index contributed by atoms with van der Waals surface area (Å²) in [6.45, 7) is 7.27. The third kappa shape index (κ3) is 7.22. The highest BCUT2D eigenvalue weighted by Crippen LogP contribution is 2.38. The molecule has 6 heteroatoms. The van der Waals surface area contributed by atoms with Crippen LogP contribution in [0.4, 0.5) is 11.4 Å².